The van der Waals surface area contributed by atoms with Crippen LogP contribution in [-0.4, -0.2) is 13.1 Å². The molecule has 0 amide bonds. The second-order valence-corrected chi connectivity index (χ2v) is 5.35. The maximum atomic E-state index is 3.49. The molecule has 1 heterocycles. The standard InChI is InChI=1S/C16H25N/c1-3-13(2)14-6-8-16(9-7-14)15-5-4-11-17-12-10-15/h6-9,13,15,17H,3-5,10-12H2,1-2H3. The lowest BCUT2D eigenvalue weighted by molar-refractivity contribution is 0.609. The molecule has 1 aliphatic rings. The topological polar surface area (TPSA) is 12.0 Å². The van der Waals surface area contributed by atoms with Crippen molar-refractivity contribution in [2.45, 2.75) is 51.4 Å². The third-order valence-corrected chi connectivity index (χ3v) is 4.16. The normalized spacial score (nSPS) is 23.1. The van der Waals surface area contributed by atoms with E-state index in [4.69, 9.17) is 0 Å². The Kier molecular flexibility index (Phi) is 4.61. The van der Waals surface area contributed by atoms with Crippen LogP contribution in [0.25, 0.3) is 0 Å². The first-order valence-electron chi connectivity index (χ1n) is 7.12. The SMILES string of the molecule is CCC(C)c1ccc(C2CCCNCC2)cc1. The Morgan fingerprint density at radius 1 is 1.18 bits per heavy atom. The first-order valence-corrected chi connectivity index (χ1v) is 7.12. The van der Waals surface area contributed by atoms with Gasteiger partial charge in [-0.15, -0.1) is 0 Å². The van der Waals surface area contributed by atoms with E-state index in [0.717, 1.165) is 5.92 Å². The largest absolute Gasteiger partial charge is 0.317 e. The summed E-state index contributed by atoms with van der Waals surface area (Å²) in [6, 6.07) is 9.39. The molecule has 0 spiro atoms. The first kappa shape index (κ1) is 12.6. The van der Waals surface area contributed by atoms with Crippen LogP contribution in [0.5, 0.6) is 0 Å². The van der Waals surface area contributed by atoms with Gasteiger partial charge in [0.15, 0.2) is 0 Å². The Balaban J connectivity index is 2.05. The zero-order valence-corrected chi connectivity index (χ0v) is 11.2. The van der Waals surface area contributed by atoms with Crippen LogP contribution in [-0.2, 0) is 0 Å². The minimum atomic E-state index is 0.694. The fraction of sp³-hybridized carbons (Fsp3) is 0.625. The molecule has 0 aliphatic carbocycles. The molecule has 1 saturated heterocycles. The first-order chi connectivity index (χ1) is 8.31. The van der Waals surface area contributed by atoms with Gasteiger partial charge in [-0.2, -0.15) is 0 Å². The van der Waals surface area contributed by atoms with Crippen LogP contribution in [0.4, 0.5) is 0 Å². The lowest BCUT2D eigenvalue weighted by atomic mass is 9.89. The summed E-state index contributed by atoms with van der Waals surface area (Å²) in [7, 11) is 0. The summed E-state index contributed by atoms with van der Waals surface area (Å²) in [5.74, 6) is 1.47. The molecule has 1 heteroatoms. The van der Waals surface area contributed by atoms with Gasteiger partial charge in [-0.05, 0) is 61.7 Å². The van der Waals surface area contributed by atoms with E-state index in [9.17, 15) is 0 Å². The summed E-state index contributed by atoms with van der Waals surface area (Å²) < 4.78 is 0. The van der Waals surface area contributed by atoms with E-state index in [2.05, 4.69) is 43.4 Å². The summed E-state index contributed by atoms with van der Waals surface area (Å²) in [5, 5.41) is 3.49. The van der Waals surface area contributed by atoms with Gasteiger partial charge in [0.2, 0.25) is 0 Å². The van der Waals surface area contributed by atoms with Gasteiger partial charge in [0.25, 0.3) is 0 Å². The second kappa shape index (κ2) is 6.20. The third-order valence-electron chi connectivity index (χ3n) is 4.16. The molecule has 2 atom stereocenters. The van der Waals surface area contributed by atoms with Crippen molar-refractivity contribution in [3.63, 3.8) is 0 Å². The van der Waals surface area contributed by atoms with Crippen LogP contribution in [0.15, 0.2) is 24.3 Å². The predicted molar refractivity (Wildman–Crippen MR) is 74.6 cm³/mol. The van der Waals surface area contributed by atoms with Gasteiger partial charge in [0, 0.05) is 0 Å². The van der Waals surface area contributed by atoms with E-state index in [1.165, 1.54) is 44.3 Å². The zero-order valence-electron chi connectivity index (χ0n) is 11.2. The Bertz CT molecular complexity index is 320. The molecule has 0 bridgehead atoms. The highest BCUT2D eigenvalue weighted by Gasteiger charge is 2.14. The smallest absolute Gasteiger partial charge is 0.00431 e. The number of rotatable bonds is 3. The van der Waals surface area contributed by atoms with Crippen molar-refractivity contribution >= 4 is 0 Å². The summed E-state index contributed by atoms with van der Waals surface area (Å²) in [4.78, 5) is 0. The van der Waals surface area contributed by atoms with Crippen molar-refractivity contribution in [2.24, 2.45) is 0 Å². The van der Waals surface area contributed by atoms with Crippen LogP contribution < -0.4 is 5.32 Å². The van der Waals surface area contributed by atoms with Gasteiger partial charge in [0.1, 0.15) is 0 Å². The molecule has 1 aliphatic heterocycles. The minimum Gasteiger partial charge on any atom is -0.317 e. The van der Waals surface area contributed by atoms with Gasteiger partial charge in [-0.1, -0.05) is 38.1 Å². The van der Waals surface area contributed by atoms with Crippen LogP contribution in [0.1, 0.15) is 62.5 Å². The minimum absolute atomic E-state index is 0.694. The van der Waals surface area contributed by atoms with Crippen molar-refractivity contribution in [1.82, 2.24) is 5.32 Å². The molecule has 1 fully saturated rings. The monoisotopic (exact) mass is 231 g/mol. The zero-order chi connectivity index (χ0) is 12.1. The van der Waals surface area contributed by atoms with E-state index in [1.54, 1.807) is 5.56 Å². The van der Waals surface area contributed by atoms with Crippen molar-refractivity contribution in [3.05, 3.63) is 35.4 Å². The highest BCUT2D eigenvalue weighted by molar-refractivity contribution is 5.27. The maximum Gasteiger partial charge on any atom is -0.00431 e. The van der Waals surface area contributed by atoms with Crippen molar-refractivity contribution in [1.29, 1.82) is 0 Å². The van der Waals surface area contributed by atoms with Gasteiger partial charge < -0.3 is 5.32 Å². The number of hydrogen-bond acceptors (Lipinski definition) is 1. The molecule has 94 valence electrons. The quantitative estimate of drug-likeness (QED) is 0.827. The Morgan fingerprint density at radius 3 is 2.65 bits per heavy atom. The van der Waals surface area contributed by atoms with E-state index in [-0.39, 0.29) is 0 Å². The molecular weight excluding hydrogens is 206 g/mol. The molecule has 0 aromatic heterocycles. The predicted octanol–water partition coefficient (Wildman–Crippen LogP) is 4.06. The lowest BCUT2D eigenvalue weighted by Gasteiger charge is -2.16. The summed E-state index contributed by atoms with van der Waals surface area (Å²) in [5.41, 5.74) is 3.03. The number of benzene rings is 1. The number of nitrogens with one attached hydrogen (secondary N) is 1. The molecule has 1 aromatic rings. The molecule has 1 N–H and O–H groups in total. The maximum absolute atomic E-state index is 3.49. The fourth-order valence-electron chi connectivity index (χ4n) is 2.68. The molecule has 0 saturated carbocycles. The molecule has 17 heavy (non-hydrogen) atoms. The van der Waals surface area contributed by atoms with Gasteiger partial charge in [-0.3, -0.25) is 0 Å². The molecular formula is C16H25N. The van der Waals surface area contributed by atoms with Gasteiger partial charge >= 0.3 is 0 Å². The van der Waals surface area contributed by atoms with Gasteiger partial charge in [-0.25, -0.2) is 0 Å². The van der Waals surface area contributed by atoms with E-state index < -0.39 is 0 Å². The fourth-order valence-corrected chi connectivity index (χ4v) is 2.68. The molecule has 2 rings (SSSR count). The van der Waals surface area contributed by atoms with Crippen molar-refractivity contribution in [2.75, 3.05) is 13.1 Å². The molecule has 0 radical (unpaired) electrons. The van der Waals surface area contributed by atoms with Crippen LogP contribution in [0.2, 0.25) is 0 Å². The van der Waals surface area contributed by atoms with Crippen molar-refractivity contribution < 1.29 is 0 Å². The van der Waals surface area contributed by atoms with E-state index in [1.807, 2.05) is 0 Å². The Morgan fingerprint density at radius 2 is 1.94 bits per heavy atom. The molecule has 1 nitrogen and oxygen atoms in total. The molecule has 1 aromatic carbocycles. The third kappa shape index (κ3) is 3.32. The van der Waals surface area contributed by atoms with E-state index >= 15 is 0 Å². The number of hydrogen-bond donors (Lipinski definition) is 1. The summed E-state index contributed by atoms with van der Waals surface area (Å²) in [6.07, 6.45) is 5.18. The van der Waals surface area contributed by atoms with Gasteiger partial charge in [0.05, 0.1) is 0 Å². The van der Waals surface area contributed by atoms with Crippen LogP contribution in [0, 0.1) is 0 Å². The lowest BCUT2D eigenvalue weighted by Crippen LogP contribution is -2.13. The van der Waals surface area contributed by atoms with E-state index in [0.29, 0.717) is 5.92 Å². The average molecular weight is 231 g/mol. The average Bonchev–Trinajstić information content (AvgIpc) is 2.67. The van der Waals surface area contributed by atoms with Crippen molar-refractivity contribution in [3.8, 4) is 0 Å². The summed E-state index contributed by atoms with van der Waals surface area (Å²) in [6.45, 7) is 6.94. The molecule has 2 unspecified atom stereocenters. The van der Waals surface area contributed by atoms with Crippen LogP contribution in [0.3, 0.4) is 0 Å². The Labute approximate surface area is 106 Å². The second-order valence-electron chi connectivity index (χ2n) is 5.35. The summed E-state index contributed by atoms with van der Waals surface area (Å²) >= 11 is 0. The highest BCUT2D eigenvalue weighted by atomic mass is 14.8. The Hall–Kier alpha value is -0.820. The highest BCUT2D eigenvalue weighted by Crippen LogP contribution is 2.28. The van der Waals surface area contributed by atoms with Crippen LogP contribution >= 0.6 is 0 Å².